The van der Waals surface area contributed by atoms with Gasteiger partial charge in [-0.2, -0.15) is 0 Å². The highest BCUT2D eigenvalue weighted by Crippen LogP contribution is 2.10. The van der Waals surface area contributed by atoms with Crippen LogP contribution in [0.2, 0.25) is 0 Å². The van der Waals surface area contributed by atoms with Crippen molar-refractivity contribution in [3.8, 4) is 0 Å². The first-order valence-corrected chi connectivity index (χ1v) is 4.23. The van der Waals surface area contributed by atoms with Gasteiger partial charge in [0.2, 0.25) is 0 Å². The predicted molar refractivity (Wildman–Crippen MR) is 49.0 cm³/mol. The Balaban J connectivity index is 2.85. The normalized spacial score (nSPS) is 26.1. The minimum absolute atomic E-state index is 0.0423. The summed E-state index contributed by atoms with van der Waals surface area (Å²) < 4.78 is 0. The van der Waals surface area contributed by atoms with Gasteiger partial charge in [-0.1, -0.05) is 0 Å². The highest BCUT2D eigenvalue weighted by Gasteiger charge is 2.27. The summed E-state index contributed by atoms with van der Waals surface area (Å²) in [6.45, 7) is 1.82. The molecule has 13 heavy (non-hydrogen) atoms. The van der Waals surface area contributed by atoms with E-state index in [-0.39, 0.29) is 23.3 Å². The van der Waals surface area contributed by atoms with Gasteiger partial charge in [0, 0.05) is 32.8 Å². The highest BCUT2D eigenvalue weighted by atomic mass is 16.2. The quantitative estimate of drug-likeness (QED) is 0.455. The first kappa shape index (κ1) is 9.77. The zero-order chi connectivity index (χ0) is 10.0. The van der Waals surface area contributed by atoms with Crippen LogP contribution in [0.4, 0.5) is 0 Å². The van der Waals surface area contributed by atoms with Crippen molar-refractivity contribution in [3.63, 3.8) is 0 Å². The summed E-state index contributed by atoms with van der Waals surface area (Å²) in [4.78, 5) is 24.4. The Bertz CT molecular complexity index is 249. The van der Waals surface area contributed by atoms with E-state index in [1.807, 2.05) is 6.92 Å². The van der Waals surface area contributed by atoms with Crippen LogP contribution < -0.4 is 5.32 Å². The molecule has 0 bridgehead atoms. The molecule has 0 aromatic heterocycles. The van der Waals surface area contributed by atoms with Gasteiger partial charge in [-0.25, -0.2) is 0 Å². The Morgan fingerprint density at radius 1 is 1.46 bits per heavy atom. The average Bonchev–Trinajstić information content (AvgIpc) is 1.96. The number of nitrogens with zero attached hydrogens (tertiary/aromatic N) is 1. The molecule has 72 valence electrons. The van der Waals surface area contributed by atoms with Gasteiger partial charge in [0.15, 0.2) is 5.78 Å². The number of Topliss-reactive ketones (excluding diaryl/α,β-unsaturated/α-hetero) is 1. The van der Waals surface area contributed by atoms with Gasteiger partial charge >= 0.3 is 0 Å². The van der Waals surface area contributed by atoms with E-state index in [1.165, 1.54) is 0 Å². The molecule has 0 aromatic rings. The van der Waals surface area contributed by atoms with E-state index in [0.29, 0.717) is 6.42 Å². The van der Waals surface area contributed by atoms with Gasteiger partial charge < -0.3 is 10.2 Å². The molecule has 1 aliphatic heterocycles. The van der Waals surface area contributed by atoms with E-state index < -0.39 is 0 Å². The Labute approximate surface area is 77.6 Å². The van der Waals surface area contributed by atoms with Crippen molar-refractivity contribution in [1.82, 2.24) is 10.2 Å². The van der Waals surface area contributed by atoms with Gasteiger partial charge in [-0.05, 0) is 6.92 Å². The van der Waals surface area contributed by atoms with E-state index in [0.717, 1.165) is 0 Å². The number of carbonyl (C=O) groups is 2. The third kappa shape index (κ3) is 2.31. The van der Waals surface area contributed by atoms with Crippen molar-refractivity contribution in [2.24, 2.45) is 0 Å². The Morgan fingerprint density at radius 3 is 2.54 bits per heavy atom. The maximum atomic E-state index is 11.4. The fourth-order valence-electron chi connectivity index (χ4n) is 1.26. The zero-order valence-electron chi connectivity index (χ0n) is 8.13. The minimum atomic E-state index is -0.266. The second-order valence-corrected chi connectivity index (χ2v) is 3.51. The number of carbonyl (C=O) groups excluding carboxylic acids is 2. The van der Waals surface area contributed by atoms with E-state index in [9.17, 15) is 9.59 Å². The number of nitrogens with one attached hydrogen (secondary N) is 1. The number of piperidine rings is 1. The smallest absolute Gasteiger partial charge is 0.256 e. The van der Waals surface area contributed by atoms with E-state index in [4.69, 9.17) is 0 Å². The van der Waals surface area contributed by atoms with Crippen LogP contribution in [0.25, 0.3) is 0 Å². The first-order valence-electron chi connectivity index (χ1n) is 4.23. The van der Waals surface area contributed by atoms with Crippen molar-refractivity contribution in [1.29, 1.82) is 0 Å². The number of hydrogen-bond donors (Lipinski definition) is 1. The second kappa shape index (κ2) is 3.60. The predicted octanol–water partition coefficient (Wildman–Crippen LogP) is -0.0906. The zero-order valence-corrected chi connectivity index (χ0v) is 8.13. The monoisotopic (exact) mass is 182 g/mol. The fraction of sp³-hybridized carbons (Fsp3) is 0.556. The molecule has 1 fully saturated rings. The van der Waals surface area contributed by atoms with Crippen molar-refractivity contribution >= 4 is 11.7 Å². The molecule has 1 unspecified atom stereocenters. The molecule has 0 aliphatic carbocycles. The molecule has 1 N–H and O–H groups in total. The van der Waals surface area contributed by atoms with Crippen molar-refractivity contribution in [2.45, 2.75) is 19.4 Å². The largest absolute Gasteiger partial charge is 0.383 e. The molecule has 4 nitrogen and oxygen atoms in total. The topological polar surface area (TPSA) is 49.4 Å². The Kier molecular flexibility index (Phi) is 2.70. The molecule has 0 aromatic carbocycles. The lowest BCUT2D eigenvalue weighted by molar-refractivity contribution is -0.126. The summed E-state index contributed by atoms with van der Waals surface area (Å²) in [7, 11) is 3.57. The summed E-state index contributed by atoms with van der Waals surface area (Å²) in [6.07, 6.45) is 1.95. The fourth-order valence-corrected chi connectivity index (χ4v) is 1.26. The Morgan fingerprint density at radius 2 is 2.08 bits per heavy atom. The number of rotatable bonds is 1. The van der Waals surface area contributed by atoms with Gasteiger partial charge in [0.05, 0.1) is 5.57 Å². The number of amides is 1. The highest BCUT2D eigenvalue weighted by molar-refractivity contribution is 6.21. The summed E-state index contributed by atoms with van der Waals surface area (Å²) in [5, 5.41) is 2.71. The maximum Gasteiger partial charge on any atom is 0.256 e. The summed E-state index contributed by atoms with van der Waals surface area (Å²) in [6, 6.07) is -0.0423. The molecule has 1 aliphatic rings. The third-order valence-electron chi connectivity index (χ3n) is 1.80. The molecule has 1 heterocycles. The average molecular weight is 182 g/mol. The molecule has 0 spiro atoms. The third-order valence-corrected chi connectivity index (χ3v) is 1.80. The van der Waals surface area contributed by atoms with Crippen LogP contribution in [0.1, 0.15) is 13.3 Å². The molecule has 1 rings (SSSR count). The van der Waals surface area contributed by atoms with Crippen LogP contribution in [0, 0.1) is 0 Å². The minimum Gasteiger partial charge on any atom is -0.383 e. The molecule has 1 saturated heterocycles. The molecule has 0 saturated carbocycles. The van der Waals surface area contributed by atoms with Gasteiger partial charge in [0.25, 0.3) is 5.91 Å². The lowest BCUT2D eigenvalue weighted by atomic mass is 10.00. The van der Waals surface area contributed by atoms with E-state index >= 15 is 0 Å². The summed E-state index contributed by atoms with van der Waals surface area (Å²) >= 11 is 0. The van der Waals surface area contributed by atoms with Crippen molar-refractivity contribution < 1.29 is 9.59 Å². The van der Waals surface area contributed by atoms with Crippen LogP contribution in [0.5, 0.6) is 0 Å². The van der Waals surface area contributed by atoms with Gasteiger partial charge in [0.1, 0.15) is 0 Å². The van der Waals surface area contributed by atoms with Gasteiger partial charge in [-0.15, -0.1) is 0 Å². The maximum absolute atomic E-state index is 11.4. The van der Waals surface area contributed by atoms with Crippen molar-refractivity contribution in [3.05, 3.63) is 11.8 Å². The summed E-state index contributed by atoms with van der Waals surface area (Å²) in [5.74, 6) is -0.345. The number of ketones is 1. The second-order valence-electron chi connectivity index (χ2n) is 3.51. The number of hydrogen-bond acceptors (Lipinski definition) is 3. The molecule has 1 atom stereocenters. The molecule has 0 radical (unpaired) electrons. The van der Waals surface area contributed by atoms with Crippen LogP contribution in [0.15, 0.2) is 11.8 Å². The molecule has 1 amide bonds. The molecular formula is C9H14N2O2. The van der Waals surface area contributed by atoms with E-state index in [1.54, 1.807) is 25.2 Å². The van der Waals surface area contributed by atoms with Crippen LogP contribution in [-0.4, -0.2) is 36.7 Å². The van der Waals surface area contributed by atoms with Crippen LogP contribution >= 0.6 is 0 Å². The van der Waals surface area contributed by atoms with E-state index in [2.05, 4.69) is 5.32 Å². The van der Waals surface area contributed by atoms with Crippen molar-refractivity contribution in [2.75, 3.05) is 14.1 Å². The molecule has 4 heteroatoms. The SMILES string of the molecule is CC1CC(=O)/C(=C\N(C)C)C(=O)N1. The lowest BCUT2D eigenvalue weighted by Gasteiger charge is -2.21. The van der Waals surface area contributed by atoms with Crippen LogP contribution in [-0.2, 0) is 9.59 Å². The van der Waals surface area contributed by atoms with Crippen LogP contribution in [0.3, 0.4) is 0 Å². The first-order chi connectivity index (χ1) is 6.00. The Hall–Kier alpha value is -1.32. The molecular weight excluding hydrogens is 168 g/mol. The standard InChI is InChI=1S/C9H14N2O2/c1-6-4-8(12)7(5-11(2)3)9(13)10-6/h5-6H,4H2,1-3H3,(H,10,13)/b7-5+. The lowest BCUT2D eigenvalue weighted by Crippen LogP contribution is -2.43. The summed E-state index contributed by atoms with van der Waals surface area (Å²) in [5.41, 5.74) is 0.253. The van der Waals surface area contributed by atoms with Gasteiger partial charge in [-0.3, -0.25) is 9.59 Å².